The first-order chi connectivity index (χ1) is 9.74. The van der Waals surface area contributed by atoms with Crippen LogP contribution in [-0.2, 0) is 16.4 Å². The average molecular weight is 350 g/mol. The van der Waals surface area contributed by atoms with Crippen LogP contribution in [0.25, 0.3) is 0 Å². The highest BCUT2D eigenvalue weighted by Crippen LogP contribution is 2.29. The van der Waals surface area contributed by atoms with Crippen molar-refractivity contribution in [3.8, 4) is 0 Å². The lowest BCUT2D eigenvalue weighted by Gasteiger charge is -2.08. The number of hydrogen-bond donors (Lipinski definition) is 2. The highest BCUT2D eigenvalue weighted by Gasteiger charge is 2.23. The Morgan fingerprint density at radius 1 is 1.48 bits per heavy atom. The van der Waals surface area contributed by atoms with Crippen LogP contribution in [-0.4, -0.2) is 13.4 Å². The summed E-state index contributed by atoms with van der Waals surface area (Å²) >= 11 is 6.92. The van der Waals surface area contributed by atoms with Crippen LogP contribution in [0.4, 0.5) is 15.2 Å². The predicted molar refractivity (Wildman–Crippen MR) is 82.9 cm³/mol. The molecule has 0 bridgehead atoms. The summed E-state index contributed by atoms with van der Waals surface area (Å²) in [6.45, 7) is 3.75. The quantitative estimate of drug-likeness (QED) is 0.830. The number of hydrogen-bond acceptors (Lipinski definition) is 5. The first-order valence-corrected chi connectivity index (χ1v) is 8.66. The number of nitrogen functional groups attached to an aromatic ring is 1. The lowest BCUT2D eigenvalue weighted by molar-refractivity contribution is 0.573. The SMILES string of the molecule is CCc1nc(NS(=O)(=O)c2cc(Cl)cc(N)c2F)sc1C. The molecule has 114 valence electrons. The van der Waals surface area contributed by atoms with E-state index in [0.717, 1.165) is 22.7 Å². The minimum atomic E-state index is -4.14. The number of thiazole rings is 1. The summed E-state index contributed by atoms with van der Waals surface area (Å²) in [6.07, 6.45) is 0.683. The molecule has 21 heavy (non-hydrogen) atoms. The maximum Gasteiger partial charge on any atom is 0.266 e. The molecule has 5 nitrogen and oxygen atoms in total. The lowest BCUT2D eigenvalue weighted by Crippen LogP contribution is -2.15. The van der Waals surface area contributed by atoms with Crippen molar-refractivity contribution in [1.29, 1.82) is 0 Å². The Morgan fingerprint density at radius 3 is 2.71 bits per heavy atom. The zero-order chi connectivity index (χ0) is 15.8. The van der Waals surface area contributed by atoms with Crippen molar-refractivity contribution < 1.29 is 12.8 Å². The van der Waals surface area contributed by atoms with Gasteiger partial charge in [-0.2, -0.15) is 0 Å². The Hall–Kier alpha value is -1.38. The molecule has 0 unspecified atom stereocenters. The van der Waals surface area contributed by atoms with E-state index >= 15 is 0 Å². The Kier molecular flexibility index (Phi) is 4.40. The van der Waals surface area contributed by atoms with Gasteiger partial charge in [-0.05, 0) is 25.5 Å². The summed E-state index contributed by atoms with van der Waals surface area (Å²) in [7, 11) is -4.14. The molecule has 3 N–H and O–H groups in total. The van der Waals surface area contributed by atoms with E-state index in [2.05, 4.69) is 9.71 Å². The van der Waals surface area contributed by atoms with Gasteiger partial charge in [-0.1, -0.05) is 18.5 Å². The zero-order valence-corrected chi connectivity index (χ0v) is 13.7. The van der Waals surface area contributed by atoms with Gasteiger partial charge in [0.1, 0.15) is 4.90 Å². The van der Waals surface area contributed by atoms with Gasteiger partial charge < -0.3 is 5.73 Å². The van der Waals surface area contributed by atoms with Crippen molar-refractivity contribution in [2.24, 2.45) is 0 Å². The second-order valence-electron chi connectivity index (χ2n) is 4.29. The molecule has 1 aromatic carbocycles. The average Bonchev–Trinajstić information content (AvgIpc) is 2.72. The Bertz CT molecular complexity index is 790. The third kappa shape index (κ3) is 3.28. The Morgan fingerprint density at radius 2 is 2.14 bits per heavy atom. The number of aromatic nitrogens is 1. The standard InChI is InChI=1S/C12H13ClFN3O2S2/c1-3-9-6(2)20-12(16-9)17-21(18,19)10-5-7(13)4-8(15)11(10)14/h4-5H,3,15H2,1-2H3,(H,16,17). The molecular formula is C12H13ClFN3O2S2. The number of benzene rings is 1. The van der Waals surface area contributed by atoms with Crippen LogP contribution in [0.2, 0.25) is 5.02 Å². The summed E-state index contributed by atoms with van der Waals surface area (Å²) < 4.78 is 40.6. The lowest BCUT2D eigenvalue weighted by atomic mass is 10.3. The van der Waals surface area contributed by atoms with Gasteiger partial charge in [0.2, 0.25) is 0 Å². The van der Waals surface area contributed by atoms with Crippen molar-refractivity contribution in [1.82, 2.24) is 4.98 Å². The van der Waals surface area contributed by atoms with Crippen molar-refractivity contribution >= 4 is 43.8 Å². The summed E-state index contributed by atoms with van der Waals surface area (Å²) in [5.74, 6) is -1.03. The normalized spacial score (nSPS) is 11.6. The number of nitrogens with zero attached hydrogens (tertiary/aromatic N) is 1. The molecule has 0 spiro atoms. The van der Waals surface area contributed by atoms with E-state index in [1.807, 2.05) is 13.8 Å². The molecule has 1 aromatic heterocycles. The van der Waals surface area contributed by atoms with Crippen molar-refractivity contribution in [2.45, 2.75) is 25.2 Å². The second-order valence-corrected chi connectivity index (χ2v) is 7.58. The number of anilines is 2. The zero-order valence-electron chi connectivity index (χ0n) is 11.3. The predicted octanol–water partition coefficient (Wildman–Crippen LogP) is 3.19. The monoisotopic (exact) mass is 349 g/mol. The fraction of sp³-hybridized carbons (Fsp3) is 0.250. The fourth-order valence-electron chi connectivity index (χ4n) is 1.75. The maximum absolute atomic E-state index is 13.9. The van der Waals surface area contributed by atoms with E-state index < -0.39 is 20.7 Å². The van der Waals surface area contributed by atoms with E-state index in [0.29, 0.717) is 6.42 Å². The van der Waals surface area contributed by atoms with Gasteiger partial charge in [0, 0.05) is 9.90 Å². The topological polar surface area (TPSA) is 85.1 Å². The van der Waals surface area contributed by atoms with E-state index in [1.54, 1.807) is 0 Å². The third-order valence-corrected chi connectivity index (χ3v) is 5.39. The summed E-state index contributed by atoms with van der Waals surface area (Å²) in [5.41, 5.74) is 5.87. The highest BCUT2D eigenvalue weighted by molar-refractivity contribution is 7.93. The molecule has 2 aromatic rings. The largest absolute Gasteiger partial charge is 0.396 e. The van der Waals surface area contributed by atoms with Gasteiger partial charge >= 0.3 is 0 Å². The smallest absolute Gasteiger partial charge is 0.266 e. The molecule has 2 rings (SSSR count). The molecule has 1 heterocycles. The minimum absolute atomic E-state index is 0.0406. The molecule has 0 fully saturated rings. The summed E-state index contributed by atoms with van der Waals surface area (Å²) in [4.78, 5) is 4.46. The van der Waals surface area contributed by atoms with E-state index in [1.165, 1.54) is 11.3 Å². The number of rotatable bonds is 4. The number of nitrogens with two attached hydrogens (primary N) is 1. The van der Waals surface area contributed by atoms with Gasteiger partial charge in [-0.3, -0.25) is 4.72 Å². The molecule has 0 amide bonds. The van der Waals surface area contributed by atoms with Crippen molar-refractivity contribution in [3.63, 3.8) is 0 Å². The molecular weight excluding hydrogens is 337 g/mol. The molecule has 0 radical (unpaired) electrons. The second kappa shape index (κ2) is 5.78. The van der Waals surface area contributed by atoms with Crippen LogP contribution in [0.1, 0.15) is 17.5 Å². The summed E-state index contributed by atoms with van der Waals surface area (Å²) in [5, 5.41) is 0.223. The van der Waals surface area contributed by atoms with Gasteiger partial charge in [0.05, 0.1) is 11.4 Å². The van der Waals surface area contributed by atoms with Gasteiger partial charge in [0.25, 0.3) is 10.0 Å². The van der Waals surface area contributed by atoms with Crippen LogP contribution in [0, 0.1) is 12.7 Å². The molecule has 0 aliphatic rings. The van der Waals surface area contributed by atoms with E-state index in [9.17, 15) is 12.8 Å². The number of halogens is 2. The summed E-state index contributed by atoms with van der Waals surface area (Å²) in [6, 6.07) is 2.16. The van der Waals surface area contributed by atoms with Gasteiger partial charge in [-0.15, -0.1) is 11.3 Å². The van der Waals surface area contributed by atoms with Crippen LogP contribution >= 0.6 is 22.9 Å². The van der Waals surface area contributed by atoms with Crippen LogP contribution in [0.5, 0.6) is 0 Å². The Labute approximate surface area is 131 Å². The maximum atomic E-state index is 13.9. The van der Waals surface area contributed by atoms with Crippen molar-refractivity contribution in [2.75, 3.05) is 10.5 Å². The molecule has 0 atom stereocenters. The molecule has 0 aliphatic heterocycles. The highest BCUT2D eigenvalue weighted by atomic mass is 35.5. The Balaban J connectivity index is 2.43. The van der Waals surface area contributed by atoms with E-state index in [-0.39, 0.29) is 15.8 Å². The molecule has 0 aliphatic carbocycles. The number of aryl methyl sites for hydroxylation is 2. The first kappa shape index (κ1) is 16.0. The van der Waals surface area contributed by atoms with E-state index in [4.69, 9.17) is 17.3 Å². The molecule has 9 heteroatoms. The third-order valence-electron chi connectivity index (χ3n) is 2.77. The number of nitrogens with one attached hydrogen (secondary N) is 1. The number of sulfonamides is 1. The molecule has 0 saturated heterocycles. The van der Waals surface area contributed by atoms with Crippen LogP contribution in [0.15, 0.2) is 17.0 Å². The van der Waals surface area contributed by atoms with Crippen LogP contribution < -0.4 is 10.5 Å². The van der Waals surface area contributed by atoms with Gasteiger partial charge in [-0.25, -0.2) is 17.8 Å². The fourth-order valence-corrected chi connectivity index (χ4v) is 4.31. The van der Waals surface area contributed by atoms with Gasteiger partial charge in [0.15, 0.2) is 10.9 Å². The van der Waals surface area contributed by atoms with Crippen LogP contribution in [0.3, 0.4) is 0 Å². The first-order valence-electron chi connectivity index (χ1n) is 5.98. The minimum Gasteiger partial charge on any atom is -0.396 e. The molecule has 0 saturated carbocycles. The van der Waals surface area contributed by atoms with Crippen molar-refractivity contribution in [3.05, 3.63) is 33.5 Å².